The van der Waals surface area contributed by atoms with E-state index in [4.69, 9.17) is 0 Å². The summed E-state index contributed by atoms with van der Waals surface area (Å²) < 4.78 is 0. The van der Waals surface area contributed by atoms with Crippen LogP contribution in [0.1, 0.15) is 37.7 Å². The zero-order valence-electron chi connectivity index (χ0n) is 11.0. The van der Waals surface area contributed by atoms with Crippen molar-refractivity contribution in [3.05, 3.63) is 29.8 Å². The minimum atomic E-state index is 0.191. The topological polar surface area (TPSA) is 29.1 Å². The number of aryl methyl sites for hydroxylation is 1. The summed E-state index contributed by atoms with van der Waals surface area (Å²) >= 11 is 0. The number of rotatable bonds is 3. The number of carbonyl (C=O) groups is 1. The minimum absolute atomic E-state index is 0.191. The van der Waals surface area contributed by atoms with Crippen molar-refractivity contribution in [2.75, 3.05) is 5.32 Å². The number of benzene rings is 1. The first-order valence-corrected chi connectivity index (χ1v) is 7.07. The lowest BCUT2D eigenvalue weighted by Crippen LogP contribution is -2.20. The van der Waals surface area contributed by atoms with Gasteiger partial charge in [-0.3, -0.25) is 4.79 Å². The fraction of sp³-hybridized carbons (Fsp3) is 0.562. The second-order valence-corrected chi connectivity index (χ2v) is 6.05. The first kappa shape index (κ1) is 11.8. The predicted octanol–water partition coefficient (Wildman–Crippen LogP) is 3.76. The van der Waals surface area contributed by atoms with E-state index in [1.807, 2.05) is 24.3 Å². The number of nitrogens with one attached hydrogen (secondary N) is 1. The summed E-state index contributed by atoms with van der Waals surface area (Å²) in [4.78, 5) is 12.0. The number of anilines is 1. The Labute approximate surface area is 109 Å². The van der Waals surface area contributed by atoms with Gasteiger partial charge in [-0.05, 0) is 56.1 Å². The second kappa shape index (κ2) is 4.75. The van der Waals surface area contributed by atoms with Gasteiger partial charge in [0, 0.05) is 12.1 Å². The van der Waals surface area contributed by atoms with Crippen LogP contribution < -0.4 is 5.32 Å². The van der Waals surface area contributed by atoms with Gasteiger partial charge in [0.05, 0.1) is 0 Å². The van der Waals surface area contributed by atoms with E-state index >= 15 is 0 Å². The van der Waals surface area contributed by atoms with Crippen molar-refractivity contribution >= 4 is 11.6 Å². The molecule has 1 aromatic rings. The molecule has 0 aromatic heterocycles. The van der Waals surface area contributed by atoms with Crippen molar-refractivity contribution < 1.29 is 4.79 Å². The molecule has 0 spiro atoms. The number of hydrogen-bond donors (Lipinski definition) is 1. The standard InChI is InChI=1S/C16H21NO/c1-11-2-6-15(7-3-11)17-16(18)10-14-9-12-4-5-13(14)8-12/h2-3,6-7,12-14H,4-5,8-10H2,1H3,(H,17,18)/t12-,13-,14+/m0/s1. The van der Waals surface area contributed by atoms with Gasteiger partial charge >= 0.3 is 0 Å². The lowest BCUT2D eigenvalue weighted by atomic mass is 9.86. The van der Waals surface area contributed by atoms with Crippen molar-refractivity contribution in [2.45, 2.75) is 39.0 Å². The van der Waals surface area contributed by atoms with E-state index in [2.05, 4.69) is 12.2 Å². The molecule has 1 N–H and O–H groups in total. The minimum Gasteiger partial charge on any atom is -0.326 e. The third-order valence-electron chi connectivity index (χ3n) is 4.67. The summed E-state index contributed by atoms with van der Waals surface area (Å²) in [6.45, 7) is 2.06. The molecule has 0 heterocycles. The summed E-state index contributed by atoms with van der Waals surface area (Å²) in [6, 6.07) is 8.03. The van der Waals surface area contributed by atoms with E-state index in [9.17, 15) is 4.79 Å². The third-order valence-corrected chi connectivity index (χ3v) is 4.67. The Hall–Kier alpha value is -1.31. The largest absolute Gasteiger partial charge is 0.326 e. The molecule has 2 saturated carbocycles. The highest BCUT2D eigenvalue weighted by molar-refractivity contribution is 5.90. The Balaban J connectivity index is 1.54. The summed E-state index contributed by atoms with van der Waals surface area (Å²) in [6.07, 6.45) is 6.14. The fourth-order valence-corrected chi connectivity index (χ4v) is 3.71. The SMILES string of the molecule is Cc1ccc(NC(=O)C[C@H]2C[C@H]3CC[C@H]2C3)cc1. The van der Waals surface area contributed by atoms with Crippen LogP contribution in [0.2, 0.25) is 0 Å². The highest BCUT2D eigenvalue weighted by atomic mass is 16.1. The normalized spacial score (nSPS) is 29.5. The molecule has 0 radical (unpaired) electrons. The van der Waals surface area contributed by atoms with Gasteiger partial charge in [0.1, 0.15) is 0 Å². The molecular weight excluding hydrogens is 222 g/mol. The molecule has 3 atom stereocenters. The fourth-order valence-electron chi connectivity index (χ4n) is 3.71. The molecular formula is C16H21NO. The van der Waals surface area contributed by atoms with Crippen LogP contribution in [0, 0.1) is 24.7 Å². The van der Waals surface area contributed by atoms with Crippen LogP contribution >= 0.6 is 0 Å². The second-order valence-electron chi connectivity index (χ2n) is 6.05. The summed E-state index contributed by atoms with van der Waals surface area (Å²) in [5.41, 5.74) is 2.15. The van der Waals surface area contributed by atoms with Gasteiger partial charge in [-0.25, -0.2) is 0 Å². The molecule has 2 fully saturated rings. The molecule has 2 heteroatoms. The van der Waals surface area contributed by atoms with Crippen LogP contribution in [0.4, 0.5) is 5.69 Å². The van der Waals surface area contributed by atoms with Crippen molar-refractivity contribution in [2.24, 2.45) is 17.8 Å². The van der Waals surface area contributed by atoms with E-state index in [1.54, 1.807) is 0 Å². The van der Waals surface area contributed by atoms with Crippen molar-refractivity contribution in [1.29, 1.82) is 0 Å². The van der Waals surface area contributed by atoms with Crippen LogP contribution in [0.5, 0.6) is 0 Å². The van der Waals surface area contributed by atoms with E-state index in [0.717, 1.165) is 23.9 Å². The van der Waals surface area contributed by atoms with Crippen LogP contribution in [0.15, 0.2) is 24.3 Å². The maximum atomic E-state index is 12.0. The average molecular weight is 243 g/mol. The Morgan fingerprint density at radius 1 is 1.22 bits per heavy atom. The quantitative estimate of drug-likeness (QED) is 0.860. The Morgan fingerprint density at radius 2 is 2.00 bits per heavy atom. The van der Waals surface area contributed by atoms with Gasteiger partial charge in [0.25, 0.3) is 0 Å². The lowest BCUT2D eigenvalue weighted by molar-refractivity contribution is -0.117. The highest BCUT2D eigenvalue weighted by Gasteiger charge is 2.40. The molecule has 1 amide bonds. The monoisotopic (exact) mass is 243 g/mol. The zero-order chi connectivity index (χ0) is 12.5. The summed E-state index contributed by atoms with van der Waals surface area (Å²) in [5, 5.41) is 3.02. The number of amides is 1. The van der Waals surface area contributed by atoms with Crippen molar-refractivity contribution in [3.8, 4) is 0 Å². The van der Waals surface area contributed by atoms with Gasteiger partial charge in [-0.2, -0.15) is 0 Å². The molecule has 0 unspecified atom stereocenters. The smallest absolute Gasteiger partial charge is 0.224 e. The maximum Gasteiger partial charge on any atom is 0.224 e. The molecule has 3 rings (SSSR count). The van der Waals surface area contributed by atoms with Crippen molar-refractivity contribution in [3.63, 3.8) is 0 Å². The molecule has 2 bridgehead atoms. The van der Waals surface area contributed by atoms with E-state index in [1.165, 1.54) is 31.2 Å². The van der Waals surface area contributed by atoms with Crippen molar-refractivity contribution in [1.82, 2.24) is 0 Å². The van der Waals surface area contributed by atoms with E-state index in [-0.39, 0.29) is 5.91 Å². The predicted molar refractivity (Wildman–Crippen MR) is 73.4 cm³/mol. The molecule has 0 saturated heterocycles. The average Bonchev–Trinajstić information content (AvgIpc) is 2.94. The van der Waals surface area contributed by atoms with Gasteiger partial charge in [0.2, 0.25) is 5.91 Å². The molecule has 2 aliphatic carbocycles. The van der Waals surface area contributed by atoms with Gasteiger partial charge in [-0.15, -0.1) is 0 Å². The van der Waals surface area contributed by atoms with Crippen LogP contribution in [0.3, 0.4) is 0 Å². The summed E-state index contributed by atoms with van der Waals surface area (Å²) in [5.74, 6) is 2.59. The number of fused-ring (bicyclic) bond motifs is 2. The highest BCUT2D eigenvalue weighted by Crippen LogP contribution is 2.49. The Bertz CT molecular complexity index is 437. The van der Waals surface area contributed by atoms with Crippen LogP contribution in [-0.4, -0.2) is 5.91 Å². The van der Waals surface area contributed by atoms with E-state index in [0.29, 0.717) is 5.92 Å². The Kier molecular flexibility index (Phi) is 3.11. The van der Waals surface area contributed by atoms with Gasteiger partial charge in [-0.1, -0.05) is 24.1 Å². The molecule has 2 nitrogen and oxygen atoms in total. The maximum absolute atomic E-state index is 12.0. The number of hydrogen-bond acceptors (Lipinski definition) is 1. The summed E-state index contributed by atoms with van der Waals surface area (Å²) in [7, 11) is 0. The molecule has 18 heavy (non-hydrogen) atoms. The third kappa shape index (κ3) is 2.43. The first-order valence-electron chi connectivity index (χ1n) is 7.07. The van der Waals surface area contributed by atoms with Gasteiger partial charge in [0.15, 0.2) is 0 Å². The lowest BCUT2D eigenvalue weighted by Gasteiger charge is -2.20. The molecule has 96 valence electrons. The zero-order valence-corrected chi connectivity index (χ0v) is 11.0. The Morgan fingerprint density at radius 3 is 2.61 bits per heavy atom. The van der Waals surface area contributed by atoms with E-state index < -0.39 is 0 Å². The first-order chi connectivity index (χ1) is 8.70. The van der Waals surface area contributed by atoms with Crippen LogP contribution in [0.25, 0.3) is 0 Å². The number of carbonyl (C=O) groups excluding carboxylic acids is 1. The molecule has 2 aliphatic rings. The molecule has 0 aliphatic heterocycles. The van der Waals surface area contributed by atoms with Gasteiger partial charge < -0.3 is 5.32 Å². The molecule has 1 aromatic carbocycles. The van der Waals surface area contributed by atoms with Crippen LogP contribution in [-0.2, 0) is 4.79 Å².